The second-order valence-corrected chi connectivity index (χ2v) is 5.66. The largest absolute Gasteiger partial charge is 0.396 e. The number of nitrogens with zero attached hydrogens (tertiary/aromatic N) is 1. The van der Waals surface area contributed by atoms with E-state index < -0.39 is 0 Å². The first kappa shape index (κ1) is 14.3. The molecule has 0 fully saturated rings. The molecule has 3 nitrogen and oxygen atoms in total. The maximum atomic E-state index is 9.10. The van der Waals surface area contributed by atoms with Crippen LogP contribution in [0.1, 0.15) is 39.7 Å². The average molecular weight is 238 g/mol. The summed E-state index contributed by atoms with van der Waals surface area (Å²) in [7, 11) is 0. The van der Waals surface area contributed by atoms with Crippen LogP contribution in [-0.2, 0) is 13.1 Å². The van der Waals surface area contributed by atoms with Crippen LogP contribution in [0.25, 0.3) is 0 Å². The fraction of sp³-hybridized carbons (Fsp3) is 0.714. The van der Waals surface area contributed by atoms with Crippen LogP contribution in [-0.4, -0.2) is 22.3 Å². The van der Waals surface area contributed by atoms with Crippen LogP contribution in [0, 0.1) is 5.41 Å². The first-order valence-corrected chi connectivity index (χ1v) is 6.46. The Morgan fingerprint density at radius 2 is 2.12 bits per heavy atom. The van der Waals surface area contributed by atoms with Gasteiger partial charge in [0, 0.05) is 38.1 Å². The van der Waals surface area contributed by atoms with Crippen molar-refractivity contribution in [2.75, 3.05) is 6.61 Å². The monoisotopic (exact) mass is 238 g/mol. The molecule has 0 aliphatic rings. The molecule has 98 valence electrons. The smallest absolute Gasteiger partial charge is 0.0446 e. The molecule has 0 aliphatic heterocycles. The summed E-state index contributed by atoms with van der Waals surface area (Å²) in [6.45, 7) is 10.9. The summed E-state index contributed by atoms with van der Waals surface area (Å²) in [4.78, 5) is 0. The van der Waals surface area contributed by atoms with E-state index >= 15 is 0 Å². The lowest BCUT2D eigenvalue weighted by Gasteiger charge is -2.31. The van der Waals surface area contributed by atoms with Gasteiger partial charge in [0.1, 0.15) is 0 Å². The second-order valence-electron chi connectivity index (χ2n) is 5.66. The fourth-order valence-corrected chi connectivity index (χ4v) is 2.00. The highest BCUT2D eigenvalue weighted by atomic mass is 16.3. The van der Waals surface area contributed by atoms with Crippen molar-refractivity contribution in [3.8, 4) is 0 Å². The highest BCUT2D eigenvalue weighted by Crippen LogP contribution is 2.22. The number of rotatable bonds is 6. The molecule has 0 saturated carbocycles. The molecule has 2 N–H and O–H groups in total. The molecule has 0 radical (unpaired) electrons. The van der Waals surface area contributed by atoms with Gasteiger partial charge < -0.3 is 15.0 Å². The first-order chi connectivity index (χ1) is 7.97. The SMILES string of the molecule is CCn1ccc(CNC(CCO)C(C)(C)C)c1. The Labute approximate surface area is 105 Å². The Morgan fingerprint density at radius 1 is 1.41 bits per heavy atom. The highest BCUT2D eigenvalue weighted by molar-refractivity contribution is 5.10. The summed E-state index contributed by atoms with van der Waals surface area (Å²) in [5.41, 5.74) is 1.48. The summed E-state index contributed by atoms with van der Waals surface area (Å²) in [5.74, 6) is 0. The zero-order valence-corrected chi connectivity index (χ0v) is 11.5. The van der Waals surface area contributed by atoms with Crippen LogP contribution in [0.4, 0.5) is 0 Å². The van der Waals surface area contributed by atoms with Crippen molar-refractivity contribution in [3.05, 3.63) is 24.0 Å². The molecule has 1 aromatic rings. The molecule has 1 aromatic heterocycles. The van der Waals surface area contributed by atoms with Crippen molar-refractivity contribution in [3.63, 3.8) is 0 Å². The summed E-state index contributed by atoms with van der Waals surface area (Å²) >= 11 is 0. The van der Waals surface area contributed by atoms with Gasteiger partial charge in [-0.15, -0.1) is 0 Å². The molecule has 0 saturated heterocycles. The summed E-state index contributed by atoms with van der Waals surface area (Å²) in [6, 6.07) is 2.49. The number of aryl methyl sites for hydroxylation is 1. The van der Waals surface area contributed by atoms with Gasteiger partial charge in [-0.2, -0.15) is 0 Å². The maximum absolute atomic E-state index is 9.10. The van der Waals surface area contributed by atoms with E-state index in [1.165, 1.54) is 5.56 Å². The molecule has 0 aliphatic carbocycles. The van der Waals surface area contributed by atoms with Gasteiger partial charge in [0.2, 0.25) is 0 Å². The van der Waals surface area contributed by atoms with Gasteiger partial charge in [-0.25, -0.2) is 0 Å². The van der Waals surface area contributed by atoms with Gasteiger partial charge in [-0.05, 0) is 30.4 Å². The quantitative estimate of drug-likeness (QED) is 0.798. The Morgan fingerprint density at radius 3 is 2.59 bits per heavy atom. The molecule has 1 unspecified atom stereocenters. The minimum Gasteiger partial charge on any atom is -0.396 e. The predicted octanol–water partition coefficient (Wildman–Crippen LogP) is 2.39. The molecular formula is C14H26N2O. The molecule has 0 amide bonds. The van der Waals surface area contributed by atoms with E-state index in [1.807, 2.05) is 0 Å². The van der Waals surface area contributed by atoms with Gasteiger partial charge >= 0.3 is 0 Å². The third-order valence-electron chi connectivity index (χ3n) is 3.19. The van der Waals surface area contributed by atoms with Crippen LogP contribution in [0.15, 0.2) is 18.5 Å². The van der Waals surface area contributed by atoms with Gasteiger partial charge in [0.25, 0.3) is 0 Å². The van der Waals surface area contributed by atoms with Crippen LogP contribution in [0.3, 0.4) is 0 Å². The minimum atomic E-state index is 0.177. The Kier molecular flexibility index (Phi) is 5.22. The molecule has 1 atom stereocenters. The van der Waals surface area contributed by atoms with E-state index in [4.69, 9.17) is 5.11 Å². The summed E-state index contributed by atoms with van der Waals surface area (Å²) in [6.07, 6.45) is 5.08. The number of aromatic nitrogens is 1. The van der Waals surface area contributed by atoms with E-state index in [0.29, 0.717) is 6.04 Å². The predicted molar refractivity (Wildman–Crippen MR) is 71.9 cm³/mol. The number of hydrogen-bond acceptors (Lipinski definition) is 2. The van der Waals surface area contributed by atoms with Crippen LogP contribution in [0.5, 0.6) is 0 Å². The number of nitrogens with one attached hydrogen (secondary N) is 1. The van der Waals surface area contributed by atoms with Crippen molar-refractivity contribution in [2.45, 2.75) is 53.2 Å². The normalized spacial score (nSPS) is 13.9. The number of aliphatic hydroxyl groups is 1. The first-order valence-electron chi connectivity index (χ1n) is 6.46. The van der Waals surface area contributed by atoms with Crippen molar-refractivity contribution < 1.29 is 5.11 Å². The summed E-state index contributed by atoms with van der Waals surface area (Å²) < 4.78 is 2.18. The number of aliphatic hydroxyl groups excluding tert-OH is 1. The zero-order valence-electron chi connectivity index (χ0n) is 11.5. The lowest BCUT2D eigenvalue weighted by molar-refractivity contribution is 0.196. The molecule has 0 spiro atoms. The van der Waals surface area contributed by atoms with E-state index in [1.54, 1.807) is 0 Å². The molecule has 1 rings (SSSR count). The zero-order chi connectivity index (χ0) is 12.9. The van der Waals surface area contributed by atoms with Gasteiger partial charge in [-0.3, -0.25) is 0 Å². The second kappa shape index (κ2) is 6.22. The van der Waals surface area contributed by atoms with Crippen molar-refractivity contribution >= 4 is 0 Å². The standard InChI is InChI=1S/C14H26N2O/c1-5-16-8-6-12(11-16)10-15-13(7-9-17)14(2,3)4/h6,8,11,13,15,17H,5,7,9-10H2,1-4H3. The molecular weight excluding hydrogens is 212 g/mol. The maximum Gasteiger partial charge on any atom is 0.0446 e. The Hall–Kier alpha value is -0.800. The molecule has 17 heavy (non-hydrogen) atoms. The molecule has 0 bridgehead atoms. The third-order valence-corrected chi connectivity index (χ3v) is 3.19. The minimum absolute atomic E-state index is 0.177. The van der Waals surface area contributed by atoms with Crippen molar-refractivity contribution in [1.82, 2.24) is 9.88 Å². The summed E-state index contributed by atoms with van der Waals surface area (Å²) in [5, 5.41) is 12.6. The lowest BCUT2D eigenvalue weighted by atomic mass is 9.85. The van der Waals surface area contributed by atoms with Crippen molar-refractivity contribution in [1.29, 1.82) is 0 Å². The van der Waals surface area contributed by atoms with E-state index in [2.05, 4.69) is 56.0 Å². The number of hydrogen-bond donors (Lipinski definition) is 2. The third kappa shape index (κ3) is 4.52. The molecule has 0 aromatic carbocycles. The van der Waals surface area contributed by atoms with Crippen LogP contribution < -0.4 is 5.32 Å². The fourth-order valence-electron chi connectivity index (χ4n) is 2.00. The van der Waals surface area contributed by atoms with Gasteiger partial charge in [0.15, 0.2) is 0 Å². The lowest BCUT2D eigenvalue weighted by Crippen LogP contribution is -2.40. The molecule has 3 heteroatoms. The van der Waals surface area contributed by atoms with E-state index in [9.17, 15) is 0 Å². The highest BCUT2D eigenvalue weighted by Gasteiger charge is 2.23. The van der Waals surface area contributed by atoms with Crippen molar-refractivity contribution in [2.24, 2.45) is 5.41 Å². The van der Waals surface area contributed by atoms with Gasteiger partial charge in [0.05, 0.1) is 0 Å². The Bertz CT molecular complexity index is 325. The van der Waals surface area contributed by atoms with E-state index in [-0.39, 0.29) is 12.0 Å². The average Bonchev–Trinajstić information content (AvgIpc) is 2.70. The van der Waals surface area contributed by atoms with Gasteiger partial charge in [-0.1, -0.05) is 20.8 Å². The van der Waals surface area contributed by atoms with Crippen LogP contribution >= 0.6 is 0 Å². The Balaban J connectivity index is 2.51. The molecule has 1 heterocycles. The topological polar surface area (TPSA) is 37.2 Å². The van der Waals surface area contributed by atoms with Crippen LogP contribution in [0.2, 0.25) is 0 Å². The van der Waals surface area contributed by atoms with E-state index in [0.717, 1.165) is 19.5 Å².